The average Bonchev–Trinajstić information content (AvgIpc) is 2.78. The zero-order valence-corrected chi connectivity index (χ0v) is 19.9. The number of halogens is 3. The highest BCUT2D eigenvalue weighted by Crippen LogP contribution is 2.39. The van der Waals surface area contributed by atoms with E-state index in [1.807, 2.05) is 6.07 Å². The summed E-state index contributed by atoms with van der Waals surface area (Å²) in [6.07, 6.45) is -1.94. The Hall–Kier alpha value is -2.88. The number of nitrogens with zero attached hydrogens (tertiary/aromatic N) is 2. The van der Waals surface area contributed by atoms with E-state index in [4.69, 9.17) is 4.74 Å². The summed E-state index contributed by atoms with van der Waals surface area (Å²) in [4.78, 5) is 8.98. The summed E-state index contributed by atoms with van der Waals surface area (Å²) in [5, 5.41) is 3.82. The minimum atomic E-state index is -3.03. The highest BCUT2D eigenvalue weighted by atomic mass is 32.2. The third kappa shape index (κ3) is 4.82. The van der Waals surface area contributed by atoms with Gasteiger partial charge in [0.05, 0.1) is 35.7 Å². The number of aryl methyl sites for hydroxylation is 1. The van der Waals surface area contributed by atoms with Gasteiger partial charge in [-0.2, -0.15) is 0 Å². The van der Waals surface area contributed by atoms with Crippen molar-refractivity contribution in [3.63, 3.8) is 0 Å². The summed E-state index contributed by atoms with van der Waals surface area (Å²) in [7, 11) is -1.47. The molecular weight excluding hydrogens is 467 g/mol. The van der Waals surface area contributed by atoms with E-state index < -0.39 is 33.7 Å². The van der Waals surface area contributed by atoms with Gasteiger partial charge < -0.3 is 10.1 Å². The summed E-state index contributed by atoms with van der Waals surface area (Å²) in [6.45, 7) is 3.40. The number of hydrogen-bond donors (Lipinski definition) is 1. The lowest BCUT2D eigenvalue weighted by molar-refractivity contribution is 0.146. The van der Waals surface area contributed by atoms with Gasteiger partial charge in [-0.15, -0.1) is 0 Å². The molecule has 34 heavy (non-hydrogen) atoms. The molecule has 1 aliphatic rings. The minimum absolute atomic E-state index is 0.00498. The van der Waals surface area contributed by atoms with Crippen LogP contribution in [0.25, 0.3) is 10.9 Å². The zero-order chi connectivity index (χ0) is 24.6. The summed E-state index contributed by atoms with van der Waals surface area (Å²) in [6, 6.07) is 6.96. The smallest absolute Gasteiger partial charge is 0.266 e. The predicted octanol–water partition coefficient (Wildman–Crippen LogP) is 5.49. The number of fused-ring (bicyclic) bond motifs is 1. The van der Waals surface area contributed by atoms with Crippen molar-refractivity contribution in [1.29, 1.82) is 0 Å². The Morgan fingerprint density at radius 3 is 2.44 bits per heavy atom. The lowest BCUT2D eigenvalue weighted by atomic mass is 9.91. The highest BCUT2D eigenvalue weighted by molar-refractivity contribution is 7.91. The monoisotopic (exact) mass is 493 g/mol. The van der Waals surface area contributed by atoms with Crippen molar-refractivity contribution in [2.24, 2.45) is 0 Å². The first kappa shape index (κ1) is 24.3. The number of benzene rings is 2. The number of anilines is 1. The number of hydrogen-bond acceptors (Lipinski definition) is 6. The van der Waals surface area contributed by atoms with Crippen LogP contribution >= 0.6 is 0 Å². The van der Waals surface area contributed by atoms with E-state index >= 15 is 0 Å². The van der Waals surface area contributed by atoms with Gasteiger partial charge in [-0.1, -0.05) is 18.2 Å². The van der Waals surface area contributed by atoms with E-state index in [9.17, 15) is 21.6 Å². The number of ether oxygens (including phenoxy) is 1. The van der Waals surface area contributed by atoms with Crippen molar-refractivity contribution in [2.45, 2.75) is 45.1 Å². The van der Waals surface area contributed by atoms with E-state index in [1.165, 1.54) is 12.1 Å². The number of methoxy groups -OCH3 is 1. The fourth-order valence-corrected chi connectivity index (χ4v) is 5.94. The molecule has 1 fully saturated rings. The lowest BCUT2D eigenvalue weighted by Gasteiger charge is -2.25. The standard InChI is InChI=1S/C24H26F3N3O3S/c1-13(16-5-4-6-17(22(16)25)23(26)27)28-24-19-11-18(15-7-9-34(31,32)10-8-15)21(33-3)12-20(19)29-14(2)30-24/h4-6,11-13,15,23H,7-10H2,1-3H3,(H,28,29,30). The van der Waals surface area contributed by atoms with Crippen LogP contribution in [0.5, 0.6) is 5.75 Å². The number of rotatable bonds is 6. The minimum Gasteiger partial charge on any atom is -0.496 e. The number of sulfone groups is 1. The third-order valence-corrected chi connectivity index (χ3v) is 7.98. The van der Waals surface area contributed by atoms with Crippen LogP contribution in [0.4, 0.5) is 19.0 Å². The molecule has 0 amide bonds. The van der Waals surface area contributed by atoms with Crippen LogP contribution in [-0.2, 0) is 9.84 Å². The van der Waals surface area contributed by atoms with Crippen LogP contribution in [0.3, 0.4) is 0 Å². The number of nitrogens with one attached hydrogen (secondary N) is 1. The topological polar surface area (TPSA) is 81.2 Å². The van der Waals surface area contributed by atoms with Gasteiger partial charge in [-0.25, -0.2) is 31.6 Å². The van der Waals surface area contributed by atoms with Crippen LogP contribution in [0.1, 0.15) is 60.7 Å². The van der Waals surface area contributed by atoms with Gasteiger partial charge in [0.2, 0.25) is 0 Å². The first-order valence-corrected chi connectivity index (χ1v) is 12.8. The first-order valence-electron chi connectivity index (χ1n) is 11.0. The van der Waals surface area contributed by atoms with Crippen LogP contribution in [0.15, 0.2) is 30.3 Å². The second-order valence-corrected chi connectivity index (χ2v) is 10.9. The summed E-state index contributed by atoms with van der Waals surface area (Å²) < 4.78 is 70.4. The molecule has 1 unspecified atom stereocenters. The molecule has 0 bridgehead atoms. The summed E-state index contributed by atoms with van der Waals surface area (Å²) >= 11 is 0. The Labute approximate surface area is 196 Å². The van der Waals surface area contributed by atoms with E-state index in [0.717, 1.165) is 11.6 Å². The van der Waals surface area contributed by atoms with Crippen molar-refractivity contribution >= 4 is 26.6 Å². The van der Waals surface area contributed by atoms with Crippen molar-refractivity contribution in [3.8, 4) is 5.75 Å². The van der Waals surface area contributed by atoms with Crippen molar-refractivity contribution in [1.82, 2.24) is 9.97 Å². The van der Waals surface area contributed by atoms with E-state index in [-0.39, 0.29) is 23.0 Å². The molecule has 2 heterocycles. The molecule has 0 aliphatic carbocycles. The Kier molecular flexibility index (Phi) is 6.71. The van der Waals surface area contributed by atoms with Crippen molar-refractivity contribution < 1.29 is 26.3 Å². The molecule has 182 valence electrons. The average molecular weight is 494 g/mol. The molecule has 0 radical (unpaired) electrons. The molecule has 10 heteroatoms. The van der Waals surface area contributed by atoms with Gasteiger partial charge in [0.25, 0.3) is 6.43 Å². The SMILES string of the molecule is COc1cc2nc(C)nc(NC(C)c3cccc(C(F)F)c3F)c2cc1C1CCS(=O)(=O)CC1. The molecule has 2 aromatic carbocycles. The molecule has 4 rings (SSSR count). The first-order chi connectivity index (χ1) is 16.1. The van der Waals surface area contributed by atoms with Gasteiger partial charge >= 0.3 is 0 Å². The largest absolute Gasteiger partial charge is 0.496 e. The molecule has 1 aliphatic heterocycles. The lowest BCUT2D eigenvalue weighted by Crippen LogP contribution is -2.22. The Morgan fingerprint density at radius 2 is 1.79 bits per heavy atom. The fraction of sp³-hybridized carbons (Fsp3) is 0.417. The van der Waals surface area contributed by atoms with Crippen LogP contribution in [0.2, 0.25) is 0 Å². The second-order valence-electron chi connectivity index (χ2n) is 8.57. The third-order valence-electron chi connectivity index (χ3n) is 6.27. The Bertz CT molecular complexity index is 1320. The van der Waals surface area contributed by atoms with Crippen LogP contribution in [0, 0.1) is 12.7 Å². The number of alkyl halides is 2. The van der Waals surface area contributed by atoms with Crippen molar-refractivity contribution in [2.75, 3.05) is 23.9 Å². The van der Waals surface area contributed by atoms with Gasteiger partial charge in [0.1, 0.15) is 33.0 Å². The maximum atomic E-state index is 14.7. The van der Waals surface area contributed by atoms with E-state index in [2.05, 4.69) is 15.3 Å². The maximum Gasteiger partial charge on any atom is 0.266 e. The van der Waals surface area contributed by atoms with E-state index in [1.54, 1.807) is 27.0 Å². The van der Waals surface area contributed by atoms with Crippen molar-refractivity contribution in [3.05, 3.63) is 58.7 Å². The normalized spacial score (nSPS) is 17.1. The quantitative estimate of drug-likeness (QED) is 0.489. The molecule has 1 saturated heterocycles. The van der Waals surface area contributed by atoms with Crippen LogP contribution < -0.4 is 10.1 Å². The Morgan fingerprint density at radius 1 is 1.12 bits per heavy atom. The van der Waals surface area contributed by atoms with Crippen LogP contribution in [-0.4, -0.2) is 37.0 Å². The summed E-state index contributed by atoms with van der Waals surface area (Å²) in [5.74, 6) is 0.806. The summed E-state index contributed by atoms with van der Waals surface area (Å²) in [5.41, 5.74) is 0.926. The van der Waals surface area contributed by atoms with Gasteiger partial charge in [0, 0.05) is 17.0 Å². The fourth-order valence-electron chi connectivity index (χ4n) is 4.45. The number of aromatic nitrogens is 2. The highest BCUT2D eigenvalue weighted by Gasteiger charge is 2.28. The van der Waals surface area contributed by atoms with Gasteiger partial charge in [-0.05, 0) is 44.2 Å². The maximum absolute atomic E-state index is 14.7. The molecule has 0 saturated carbocycles. The van der Waals surface area contributed by atoms with Gasteiger partial charge in [-0.3, -0.25) is 0 Å². The molecule has 1 N–H and O–H groups in total. The Balaban J connectivity index is 1.75. The molecule has 1 aromatic heterocycles. The van der Waals surface area contributed by atoms with Gasteiger partial charge in [0.15, 0.2) is 0 Å². The second kappa shape index (κ2) is 9.40. The molecule has 1 atom stereocenters. The zero-order valence-electron chi connectivity index (χ0n) is 19.1. The molecule has 0 spiro atoms. The van der Waals surface area contributed by atoms with E-state index in [0.29, 0.717) is 41.1 Å². The predicted molar refractivity (Wildman–Crippen MR) is 125 cm³/mol. The molecular formula is C24H26F3N3O3S. The molecule has 6 nitrogen and oxygen atoms in total. The molecule has 3 aromatic rings.